The van der Waals surface area contributed by atoms with E-state index in [1.165, 1.54) is 11.8 Å². The third kappa shape index (κ3) is 3.22. The molecule has 0 unspecified atom stereocenters. The zero-order valence-electron chi connectivity index (χ0n) is 9.33. The molecule has 11 heteroatoms. The van der Waals surface area contributed by atoms with Crippen LogP contribution in [0.25, 0.3) is 0 Å². The van der Waals surface area contributed by atoms with Gasteiger partial charge in [0.25, 0.3) is 16.4 Å². The van der Waals surface area contributed by atoms with Crippen molar-refractivity contribution in [3.8, 4) is 0 Å². The molecule has 0 saturated carbocycles. The maximum absolute atomic E-state index is 12.3. The molecule has 19 heavy (non-hydrogen) atoms. The molecule has 0 aliphatic rings. The molecule has 2 rings (SSSR count). The lowest BCUT2D eigenvalue weighted by Crippen LogP contribution is -2.11. The third-order valence-electron chi connectivity index (χ3n) is 1.89. The van der Waals surface area contributed by atoms with Crippen molar-refractivity contribution in [1.29, 1.82) is 0 Å². The molecule has 0 fully saturated rings. The minimum Gasteiger partial charge on any atom is -0.442 e. The van der Waals surface area contributed by atoms with Gasteiger partial charge in [0.1, 0.15) is 0 Å². The lowest BCUT2D eigenvalue weighted by atomic mass is 10.5. The SMILES string of the molecule is CSc1nsc(NS(=O)(=O)c2ccc(C(F)F)o2)n1. The Hall–Kier alpha value is -1.20. The topological polar surface area (TPSA) is 85.1 Å². The predicted molar refractivity (Wildman–Crippen MR) is 66.2 cm³/mol. The number of furan rings is 1. The average Bonchev–Trinajstić information content (AvgIpc) is 2.95. The Bertz CT molecular complexity index is 668. The molecular weight excluding hydrogens is 320 g/mol. The lowest BCUT2D eigenvalue weighted by Gasteiger charge is -2.00. The maximum Gasteiger partial charge on any atom is 0.297 e. The number of anilines is 1. The normalized spacial score (nSPS) is 12.0. The quantitative estimate of drug-likeness (QED) is 0.850. The van der Waals surface area contributed by atoms with E-state index < -0.39 is 27.3 Å². The number of nitrogens with one attached hydrogen (secondary N) is 1. The van der Waals surface area contributed by atoms with E-state index in [4.69, 9.17) is 0 Å². The van der Waals surface area contributed by atoms with E-state index in [2.05, 4.69) is 18.5 Å². The van der Waals surface area contributed by atoms with Crippen molar-refractivity contribution in [2.75, 3.05) is 11.0 Å². The van der Waals surface area contributed by atoms with Crippen molar-refractivity contribution in [1.82, 2.24) is 9.36 Å². The standard InChI is InChI=1S/C8H7F2N3O3S3/c1-17-7-11-8(18-12-7)13-19(14,15)5-3-2-4(16-5)6(9)10/h2-3,6H,1H3,(H,11,12,13). The maximum atomic E-state index is 12.3. The van der Waals surface area contributed by atoms with Crippen LogP contribution in [-0.4, -0.2) is 24.0 Å². The summed E-state index contributed by atoms with van der Waals surface area (Å²) < 4.78 is 58.8. The smallest absolute Gasteiger partial charge is 0.297 e. The second kappa shape index (κ2) is 5.43. The Morgan fingerprint density at radius 1 is 1.47 bits per heavy atom. The van der Waals surface area contributed by atoms with E-state index in [1.54, 1.807) is 6.26 Å². The van der Waals surface area contributed by atoms with E-state index in [9.17, 15) is 17.2 Å². The number of hydrogen-bond donors (Lipinski definition) is 1. The molecule has 6 nitrogen and oxygen atoms in total. The Morgan fingerprint density at radius 3 is 2.74 bits per heavy atom. The number of halogens is 2. The van der Waals surface area contributed by atoms with E-state index in [0.29, 0.717) is 5.16 Å². The molecule has 0 saturated heterocycles. The fraction of sp³-hybridized carbons (Fsp3) is 0.250. The summed E-state index contributed by atoms with van der Waals surface area (Å²) in [6, 6.07) is 1.87. The van der Waals surface area contributed by atoms with Gasteiger partial charge in [-0.25, -0.2) is 8.78 Å². The Kier molecular flexibility index (Phi) is 4.06. The number of hydrogen-bond acceptors (Lipinski definition) is 7. The molecule has 0 bridgehead atoms. The number of rotatable bonds is 5. The van der Waals surface area contributed by atoms with E-state index in [0.717, 1.165) is 23.7 Å². The van der Waals surface area contributed by atoms with Crippen LogP contribution in [0.2, 0.25) is 0 Å². The summed E-state index contributed by atoms with van der Waals surface area (Å²) in [5.41, 5.74) is 0. The first-order chi connectivity index (χ1) is 8.92. The highest BCUT2D eigenvalue weighted by molar-refractivity contribution is 7.98. The highest BCUT2D eigenvalue weighted by Gasteiger charge is 2.23. The number of thioether (sulfide) groups is 1. The lowest BCUT2D eigenvalue weighted by molar-refractivity contribution is 0.116. The summed E-state index contributed by atoms with van der Waals surface area (Å²) in [5.74, 6) is -0.706. The Balaban J connectivity index is 2.21. The van der Waals surface area contributed by atoms with E-state index in [-0.39, 0.29) is 5.13 Å². The van der Waals surface area contributed by atoms with Crippen molar-refractivity contribution in [2.45, 2.75) is 16.7 Å². The molecule has 2 aromatic rings. The summed E-state index contributed by atoms with van der Waals surface area (Å²) in [5, 5.41) is -0.140. The number of nitrogens with zero attached hydrogens (tertiary/aromatic N) is 2. The van der Waals surface area contributed by atoms with Crippen molar-refractivity contribution in [3.05, 3.63) is 17.9 Å². The molecule has 0 aliphatic carbocycles. The zero-order valence-corrected chi connectivity index (χ0v) is 11.8. The molecule has 2 heterocycles. The third-order valence-corrected chi connectivity index (χ3v) is 4.53. The monoisotopic (exact) mass is 327 g/mol. The summed E-state index contributed by atoms with van der Waals surface area (Å²) in [4.78, 5) is 3.87. The second-order valence-corrected chi connectivity index (χ2v) is 6.29. The first kappa shape index (κ1) is 14.2. The van der Waals surface area contributed by atoms with Gasteiger partial charge in [-0.05, 0) is 18.4 Å². The summed E-state index contributed by atoms with van der Waals surface area (Å²) in [7, 11) is -4.07. The largest absolute Gasteiger partial charge is 0.442 e. The summed E-state index contributed by atoms with van der Waals surface area (Å²) in [6.45, 7) is 0. The minimum absolute atomic E-state index is 0.0411. The molecule has 2 aromatic heterocycles. The fourth-order valence-corrected chi connectivity index (χ4v) is 3.39. The van der Waals surface area contributed by atoms with Gasteiger partial charge in [0.05, 0.1) is 0 Å². The molecule has 104 valence electrons. The van der Waals surface area contributed by atoms with Crippen molar-refractivity contribution < 1.29 is 21.6 Å². The van der Waals surface area contributed by atoms with E-state index >= 15 is 0 Å². The van der Waals surface area contributed by atoms with Crippen LogP contribution in [0.5, 0.6) is 0 Å². The van der Waals surface area contributed by atoms with Crippen LogP contribution in [0, 0.1) is 0 Å². The van der Waals surface area contributed by atoms with Crippen LogP contribution in [-0.2, 0) is 10.0 Å². The van der Waals surface area contributed by atoms with Crippen molar-refractivity contribution in [3.63, 3.8) is 0 Å². The molecule has 0 spiro atoms. The minimum atomic E-state index is -4.07. The molecule has 0 aliphatic heterocycles. The number of sulfonamides is 1. The first-order valence-corrected chi connectivity index (χ1v) is 8.19. The van der Waals surface area contributed by atoms with Crippen LogP contribution in [0.15, 0.2) is 26.8 Å². The molecule has 1 N–H and O–H groups in total. The van der Waals surface area contributed by atoms with Crippen LogP contribution < -0.4 is 4.72 Å². The number of alkyl halides is 2. The highest BCUT2D eigenvalue weighted by atomic mass is 32.2. The van der Waals surface area contributed by atoms with Gasteiger partial charge >= 0.3 is 0 Å². The van der Waals surface area contributed by atoms with Crippen molar-refractivity contribution in [2.24, 2.45) is 0 Å². The van der Waals surface area contributed by atoms with Crippen LogP contribution >= 0.6 is 23.3 Å². The average molecular weight is 327 g/mol. The van der Waals surface area contributed by atoms with Gasteiger partial charge in [0.2, 0.25) is 15.4 Å². The van der Waals surface area contributed by atoms with Gasteiger partial charge in [-0.3, -0.25) is 4.72 Å². The van der Waals surface area contributed by atoms with Gasteiger partial charge in [-0.15, -0.1) is 0 Å². The van der Waals surface area contributed by atoms with E-state index in [1.807, 2.05) is 0 Å². The van der Waals surface area contributed by atoms with Crippen LogP contribution in [0.3, 0.4) is 0 Å². The number of aromatic nitrogens is 2. The van der Waals surface area contributed by atoms with Crippen LogP contribution in [0.1, 0.15) is 12.2 Å². The first-order valence-electron chi connectivity index (χ1n) is 4.71. The summed E-state index contributed by atoms with van der Waals surface area (Å²) in [6.07, 6.45) is -1.13. The van der Waals surface area contributed by atoms with Crippen LogP contribution in [0.4, 0.5) is 13.9 Å². The Morgan fingerprint density at radius 2 is 2.21 bits per heavy atom. The highest BCUT2D eigenvalue weighted by Crippen LogP contribution is 2.26. The molecule has 0 amide bonds. The van der Waals surface area contributed by atoms with Gasteiger partial charge in [0.15, 0.2) is 5.76 Å². The zero-order chi connectivity index (χ0) is 14.0. The molecular formula is C8H7F2N3O3S3. The molecule has 0 atom stereocenters. The second-order valence-electron chi connectivity index (χ2n) is 3.15. The van der Waals surface area contributed by atoms with Gasteiger partial charge in [-0.1, -0.05) is 11.8 Å². The summed E-state index contributed by atoms with van der Waals surface area (Å²) >= 11 is 2.10. The van der Waals surface area contributed by atoms with Gasteiger partial charge in [-0.2, -0.15) is 17.8 Å². The molecule has 0 radical (unpaired) electrons. The van der Waals surface area contributed by atoms with Gasteiger partial charge in [0, 0.05) is 11.5 Å². The fourth-order valence-electron chi connectivity index (χ4n) is 1.10. The molecule has 0 aromatic carbocycles. The predicted octanol–water partition coefficient (Wildman–Crippen LogP) is 2.59. The van der Waals surface area contributed by atoms with Gasteiger partial charge < -0.3 is 4.42 Å². The Labute approximate surface area is 115 Å². The van der Waals surface area contributed by atoms with Crippen molar-refractivity contribution >= 4 is 38.4 Å².